The number of ether oxygens (including phenoxy) is 1. The molecule has 0 fully saturated rings. The summed E-state index contributed by atoms with van der Waals surface area (Å²) in [5, 5.41) is 0. The van der Waals surface area contributed by atoms with Crippen LogP contribution in [0.3, 0.4) is 0 Å². The van der Waals surface area contributed by atoms with Gasteiger partial charge in [0.1, 0.15) is 5.75 Å². The Balaban J connectivity index is 2.51. The first-order valence-electron chi connectivity index (χ1n) is 4.16. The van der Waals surface area contributed by atoms with Gasteiger partial charge < -0.3 is 4.74 Å². The Morgan fingerprint density at radius 2 is 2.17 bits per heavy atom. The molecule has 1 aromatic rings. The summed E-state index contributed by atoms with van der Waals surface area (Å²) < 4.78 is 6.39. The molecule has 12 heavy (non-hydrogen) atoms. The molecule has 0 heterocycles. The number of benzene rings is 1. The van der Waals surface area contributed by atoms with Crippen LogP contribution in [0.1, 0.15) is 17.5 Å². The monoisotopic (exact) mass is 226 g/mol. The zero-order valence-corrected chi connectivity index (χ0v) is 8.65. The van der Waals surface area contributed by atoms with E-state index in [0.717, 1.165) is 5.75 Å². The normalized spacial score (nSPS) is 14.5. The predicted octanol–water partition coefficient (Wildman–Crippen LogP) is 2.95. The van der Waals surface area contributed by atoms with E-state index in [0.29, 0.717) is 0 Å². The first-order valence-corrected chi connectivity index (χ1v) is 4.96. The Morgan fingerprint density at radius 3 is 2.92 bits per heavy atom. The lowest BCUT2D eigenvalue weighted by Crippen LogP contribution is -1.88. The van der Waals surface area contributed by atoms with Crippen LogP contribution < -0.4 is 4.74 Å². The van der Waals surface area contributed by atoms with Crippen LogP contribution in [0, 0.1) is 0 Å². The first-order chi connectivity index (χ1) is 5.81. The lowest BCUT2D eigenvalue weighted by molar-refractivity contribution is 0.414. The summed E-state index contributed by atoms with van der Waals surface area (Å²) in [7, 11) is 1.71. The van der Waals surface area contributed by atoms with Gasteiger partial charge in [-0.05, 0) is 42.5 Å². The maximum Gasteiger partial charge on any atom is 0.120 e. The van der Waals surface area contributed by atoms with Gasteiger partial charge in [-0.2, -0.15) is 0 Å². The van der Waals surface area contributed by atoms with Crippen LogP contribution in [-0.4, -0.2) is 7.11 Å². The highest BCUT2D eigenvalue weighted by atomic mass is 79.9. The van der Waals surface area contributed by atoms with Gasteiger partial charge >= 0.3 is 0 Å². The van der Waals surface area contributed by atoms with Crippen molar-refractivity contribution >= 4 is 15.9 Å². The van der Waals surface area contributed by atoms with Gasteiger partial charge in [-0.1, -0.05) is 15.9 Å². The number of halogens is 1. The summed E-state index contributed by atoms with van der Waals surface area (Å²) in [5.41, 5.74) is 2.91. The SMILES string of the molecule is COc1cc(Br)c2c(c1)CCC2. The van der Waals surface area contributed by atoms with E-state index < -0.39 is 0 Å². The van der Waals surface area contributed by atoms with E-state index in [1.54, 1.807) is 7.11 Å². The molecular weight excluding hydrogens is 216 g/mol. The predicted molar refractivity (Wildman–Crippen MR) is 52.7 cm³/mol. The molecule has 2 rings (SSSR count). The first kappa shape index (κ1) is 8.11. The maximum atomic E-state index is 5.19. The quantitative estimate of drug-likeness (QED) is 0.716. The van der Waals surface area contributed by atoms with Crippen molar-refractivity contribution in [3.05, 3.63) is 27.7 Å². The minimum atomic E-state index is 0.961. The molecule has 0 amide bonds. The minimum absolute atomic E-state index is 0.961. The highest BCUT2D eigenvalue weighted by Crippen LogP contribution is 2.32. The average molecular weight is 227 g/mol. The molecule has 0 radical (unpaired) electrons. The van der Waals surface area contributed by atoms with Crippen molar-refractivity contribution in [1.29, 1.82) is 0 Å². The molecule has 1 aromatic carbocycles. The van der Waals surface area contributed by atoms with E-state index in [2.05, 4.69) is 22.0 Å². The molecule has 0 unspecified atom stereocenters. The van der Waals surface area contributed by atoms with Gasteiger partial charge in [0.05, 0.1) is 7.11 Å². The largest absolute Gasteiger partial charge is 0.497 e. The minimum Gasteiger partial charge on any atom is -0.497 e. The highest BCUT2D eigenvalue weighted by Gasteiger charge is 2.14. The molecule has 0 aromatic heterocycles. The van der Waals surface area contributed by atoms with Gasteiger partial charge in [-0.3, -0.25) is 0 Å². The van der Waals surface area contributed by atoms with Crippen LogP contribution in [0.25, 0.3) is 0 Å². The zero-order chi connectivity index (χ0) is 8.55. The highest BCUT2D eigenvalue weighted by molar-refractivity contribution is 9.10. The van der Waals surface area contributed by atoms with Crippen LogP contribution in [0.5, 0.6) is 5.75 Å². The molecule has 64 valence electrons. The van der Waals surface area contributed by atoms with E-state index in [1.165, 1.54) is 34.9 Å². The zero-order valence-electron chi connectivity index (χ0n) is 7.06. The van der Waals surface area contributed by atoms with Gasteiger partial charge in [-0.25, -0.2) is 0 Å². The Morgan fingerprint density at radius 1 is 1.33 bits per heavy atom. The van der Waals surface area contributed by atoms with Crippen LogP contribution in [0.4, 0.5) is 0 Å². The van der Waals surface area contributed by atoms with Crippen LogP contribution in [0.2, 0.25) is 0 Å². The van der Waals surface area contributed by atoms with Crippen molar-refractivity contribution in [3.63, 3.8) is 0 Å². The fraction of sp³-hybridized carbons (Fsp3) is 0.400. The van der Waals surface area contributed by atoms with Gasteiger partial charge in [0.15, 0.2) is 0 Å². The van der Waals surface area contributed by atoms with Crippen LogP contribution >= 0.6 is 15.9 Å². The van der Waals surface area contributed by atoms with Crippen molar-refractivity contribution < 1.29 is 4.74 Å². The second kappa shape index (κ2) is 3.09. The lowest BCUT2D eigenvalue weighted by Gasteiger charge is -2.05. The van der Waals surface area contributed by atoms with E-state index >= 15 is 0 Å². The number of hydrogen-bond acceptors (Lipinski definition) is 1. The van der Waals surface area contributed by atoms with Gasteiger partial charge in [-0.15, -0.1) is 0 Å². The third-order valence-corrected chi connectivity index (χ3v) is 3.08. The van der Waals surface area contributed by atoms with Crippen LogP contribution in [-0.2, 0) is 12.8 Å². The third-order valence-electron chi connectivity index (χ3n) is 2.37. The molecule has 0 aliphatic heterocycles. The number of aryl methyl sites for hydroxylation is 1. The summed E-state index contributed by atoms with van der Waals surface area (Å²) in [6.07, 6.45) is 3.69. The molecule has 0 N–H and O–H groups in total. The Hall–Kier alpha value is -0.500. The van der Waals surface area contributed by atoms with Crippen LogP contribution in [0.15, 0.2) is 16.6 Å². The van der Waals surface area contributed by atoms with Crippen molar-refractivity contribution in [2.45, 2.75) is 19.3 Å². The molecule has 2 heteroatoms. The number of hydrogen-bond donors (Lipinski definition) is 0. The maximum absolute atomic E-state index is 5.19. The molecule has 1 aliphatic carbocycles. The molecule has 1 nitrogen and oxygen atoms in total. The van der Waals surface area contributed by atoms with Crippen molar-refractivity contribution in [1.82, 2.24) is 0 Å². The van der Waals surface area contributed by atoms with Crippen molar-refractivity contribution in [2.75, 3.05) is 7.11 Å². The fourth-order valence-electron chi connectivity index (χ4n) is 1.74. The van der Waals surface area contributed by atoms with E-state index in [9.17, 15) is 0 Å². The summed E-state index contributed by atoms with van der Waals surface area (Å²) in [4.78, 5) is 0. The summed E-state index contributed by atoms with van der Waals surface area (Å²) in [5.74, 6) is 0.961. The van der Waals surface area contributed by atoms with Gasteiger partial charge in [0, 0.05) is 4.47 Å². The number of methoxy groups -OCH3 is 1. The second-order valence-corrected chi connectivity index (χ2v) is 3.95. The molecule has 1 aliphatic rings. The summed E-state index contributed by atoms with van der Waals surface area (Å²) in [6, 6.07) is 4.19. The Kier molecular flexibility index (Phi) is 2.09. The summed E-state index contributed by atoms with van der Waals surface area (Å²) >= 11 is 3.56. The van der Waals surface area contributed by atoms with Gasteiger partial charge in [0.2, 0.25) is 0 Å². The number of rotatable bonds is 1. The molecule has 0 bridgehead atoms. The third kappa shape index (κ3) is 1.24. The molecule has 0 atom stereocenters. The second-order valence-electron chi connectivity index (χ2n) is 3.10. The summed E-state index contributed by atoms with van der Waals surface area (Å²) in [6.45, 7) is 0. The number of fused-ring (bicyclic) bond motifs is 1. The van der Waals surface area contributed by atoms with Crippen molar-refractivity contribution in [3.8, 4) is 5.75 Å². The molecule has 0 saturated heterocycles. The lowest BCUT2D eigenvalue weighted by atomic mass is 10.1. The van der Waals surface area contributed by atoms with Gasteiger partial charge in [0.25, 0.3) is 0 Å². The fourth-order valence-corrected chi connectivity index (χ4v) is 2.42. The average Bonchev–Trinajstić information content (AvgIpc) is 2.52. The topological polar surface area (TPSA) is 9.23 Å². The van der Waals surface area contributed by atoms with Crippen molar-refractivity contribution in [2.24, 2.45) is 0 Å². The molecular formula is C10H11BrO. The van der Waals surface area contributed by atoms with E-state index in [1.807, 2.05) is 6.07 Å². The Labute approximate surface area is 80.9 Å². The molecule has 0 spiro atoms. The smallest absolute Gasteiger partial charge is 0.120 e. The standard InChI is InChI=1S/C10H11BrO/c1-12-8-5-7-3-2-4-9(7)10(11)6-8/h5-6H,2-4H2,1H3. The Bertz CT molecular complexity index is 307. The van der Waals surface area contributed by atoms with E-state index in [-0.39, 0.29) is 0 Å². The van der Waals surface area contributed by atoms with E-state index in [4.69, 9.17) is 4.74 Å². The molecule has 0 saturated carbocycles.